The third-order valence-corrected chi connectivity index (χ3v) is 8.01. The van der Waals surface area contributed by atoms with Crippen molar-refractivity contribution in [3.05, 3.63) is 82.8 Å². The van der Waals surface area contributed by atoms with Crippen LogP contribution < -0.4 is 15.1 Å². The molecular weight excluding hydrogens is 539 g/mol. The Balaban J connectivity index is 0.00000387. The summed E-state index contributed by atoms with van der Waals surface area (Å²) in [6.45, 7) is 6.90. The average molecular weight is 577 g/mol. The zero-order valence-electron chi connectivity index (χ0n) is 23.5. The van der Waals surface area contributed by atoms with Gasteiger partial charge >= 0.3 is 0 Å². The summed E-state index contributed by atoms with van der Waals surface area (Å²) in [6.07, 6.45) is 3.02. The smallest absolute Gasteiger partial charge is 0.254 e. The molecule has 2 N–H and O–H groups in total. The van der Waals surface area contributed by atoms with Crippen molar-refractivity contribution < 1.29 is 14.3 Å². The molecule has 1 atom stereocenters. The van der Waals surface area contributed by atoms with Crippen molar-refractivity contribution in [2.24, 2.45) is 0 Å². The molecule has 41 heavy (non-hydrogen) atoms. The number of anilines is 3. The quantitative estimate of drug-likeness (QED) is 0.454. The van der Waals surface area contributed by atoms with Crippen LogP contribution in [0.4, 0.5) is 21.6 Å². The third kappa shape index (κ3) is 6.58. The molecular formula is C31H37FN6O2S. The Morgan fingerprint density at radius 2 is 1.85 bits per heavy atom. The van der Waals surface area contributed by atoms with E-state index in [1.54, 1.807) is 11.0 Å². The van der Waals surface area contributed by atoms with Crippen molar-refractivity contribution in [3.8, 4) is 6.07 Å². The van der Waals surface area contributed by atoms with Crippen LogP contribution in [-0.2, 0) is 0 Å². The molecule has 2 fully saturated rings. The van der Waals surface area contributed by atoms with Gasteiger partial charge in [0.1, 0.15) is 17.7 Å². The largest absolute Gasteiger partial charge is 0.394 e. The molecule has 2 aliphatic heterocycles. The number of aliphatic hydroxyl groups is 1. The van der Waals surface area contributed by atoms with Gasteiger partial charge in [0.2, 0.25) is 0 Å². The molecule has 0 saturated carbocycles. The summed E-state index contributed by atoms with van der Waals surface area (Å²) >= 11 is 0. The molecule has 8 nitrogen and oxygen atoms in total. The van der Waals surface area contributed by atoms with E-state index in [2.05, 4.69) is 34.3 Å². The van der Waals surface area contributed by atoms with Gasteiger partial charge in [-0.3, -0.25) is 4.79 Å². The molecule has 10 heteroatoms. The Bertz CT molecular complexity index is 1400. The molecule has 3 heterocycles. The van der Waals surface area contributed by atoms with Gasteiger partial charge in [0.15, 0.2) is 0 Å². The molecule has 0 bridgehead atoms. The van der Waals surface area contributed by atoms with Gasteiger partial charge in [-0.25, -0.2) is 9.37 Å². The number of piperazine rings is 1. The van der Waals surface area contributed by atoms with E-state index in [1.165, 1.54) is 12.3 Å². The second-order valence-corrected chi connectivity index (χ2v) is 10.6. The Labute approximate surface area is 247 Å². The van der Waals surface area contributed by atoms with E-state index in [4.69, 9.17) is 0 Å². The summed E-state index contributed by atoms with van der Waals surface area (Å²) in [5.74, 6) is 0.119. The number of aromatic nitrogens is 1. The lowest BCUT2D eigenvalue weighted by Crippen LogP contribution is -2.56. The summed E-state index contributed by atoms with van der Waals surface area (Å²) < 4.78 is 13.3. The average Bonchev–Trinajstić information content (AvgIpc) is 2.98. The second kappa shape index (κ2) is 13.2. The first-order valence-corrected chi connectivity index (χ1v) is 13.8. The fraction of sp³-hybridized carbons (Fsp3) is 0.387. The molecule has 0 radical (unpaired) electrons. The molecule has 5 rings (SSSR count). The molecule has 2 aromatic carbocycles. The number of halogens is 1. The number of amides is 1. The third-order valence-electron chi connectivity index (χ3n) is 8.01. The summed E-state index contributed by atoms with van der Waals surface area (Å²) in [5, 5.41) is 23.2. The molecule has 0 spiro atoms. The maximum absolute atomic E-state index is 13.7. The fourth-order valence-corrected chi connectivity index (χ4v) is 5.77. The number of nitriles is 1. The van der Waals surface area contributed by atoms with Crippen LogP contribution in [-0.4, -0.2) is 72.3 Å². The number of para-hydroxylation sites is 1. The maximum atomic E-state index is 13.7. The van der Waals surface area contributed by atoms with E-state index >= 15 is 0 Å². The van der Waals surface area contributed by atoms with Crippen LogP contribution in [0.3, 0.4) is 0 Å². The van der Waals surface area contributed by atoms with Gasteiger partial charge in [-0.15, -0.1) is 0 Å². The van der Waals surface area contributed by atoms with Crippen molar-refractivity contribution in [1.82, 2.24) is 9.88 Å². The van der Waals surface area contributed by atoms with Gasteiger partial charge in [0.25, 0.3) is 5.91 Å². The molecule has 1 amide bonds. The molecule has 3 aromatic rings. The van der Waals surface area contributed by atoms with E-state index in [0.29, 0.717) is 36.6 Å². The Kier molecular flexibility index (Phi) is 9.73. The molecule has 0 aliphatic carbocycles. The zero-order chi connectivity index (χ0) is 28.2. The summed E-state index contributed by atoms with van der Waals surface area (Å²) in [5.41, 5.74) is 5.30. The monoisotopic (exact) mass is 576 g/mol. The molecule has 216 valence electrons. The number of nitrogens with zero attached hydrogens (tertiary/aromatic N) is 5. The van der Waals surface area contributed by atoms with Crippen molar-refractivity contribution >= 4 is 36.6 Å². The number of pyridine rings is 1. The standard InChI is InChI=1S/C31H35FN6O2.H2S/c1-21-15-22(2)28(35-25-9-11-36(12-10-25)29-6-4-3-5-23(29)17-33)16-27(21)31(40)37-13-14-38(26(19-37)20-39)30-8-7-24(32)18-34-30;/h3-8,15-16,18,25-26,35,39H,9-14,19-20H2,1-2H3;1H2/t26-;/m0./s1. The number of hydrogen-bond donors (Lipinski definition) is 2. The minimum atomic E-state index is -0.410. The van der Waals surface area contributed by atoms with Gasteiger partial charge in [-0.2, -0.15) is 18.8 Å². The van der Waals surface area contributed by atoms with Crippen LogP contribution in [0.15, 0.2) is 54.7 Å². The number of benzene rings is 2. The lowest BCUT2D eigenvalue weighted by molar-refractivity contribution is 0.0698. The minimum Gasteiger partial charge on any atom is -0.394 e. The fourth-order valence-electron chi connectivity index (χ4n) is 5.77. The number of rotatable bonds is 6. The summed E-state index contributed by atoms with van der Waals surface area (Å²) in [7, 11) is 0. The van der Waals surface area contributed by atoms with Crippen LogP contribution in [0.5, 0.6) is 0 Å². The highest BCUT2D eigenvalue weighted by atomic mass is 32.1. The highest BCUT2D eigenvalue weighted by Gasteiger charge is 2.31. The van der Waals surface area contributed by atoms with Crippen molar-refractivity contribution in [2.45, 2.75) is 38.8 Å². The van der Waals surface area contributed by atoms with Gasteiger partial charge in [-0.05, 0) is 68.1 Å². The Morgan fingerprint density at radius 1 is 1.10 bits per heavy atom. The van der Waals surface area contributed by atoms with E-state index in [-0.39, 0.29) is 38.1 Å². The minimum absolute atomic E-state index is 0. The highest BCUT2D eigenvalue weighted by Crippen LogP contribution is 2.28. The van der Waals surface area contributed by atoms with Gasteiger partial charge < -0.3 is 25.1 Å². The highest BCUT2D eigenvalue weighted by molar-refractivity contribution is 7.59. The zero-order valence-corrected chi connectivity index (χ0v) is 24.5. The topological polar surface area (TPSA) is 95.7 Å². The predicted octanol–water partition coefficient (Wildman–Crippen LogP) is 4.23. The van der Waals surface area contributed by atoms with Crippen LogP contribution in [0.1, 0.15) is 39.9 Å². The van der Waals surface area contributed by atoms with Gasteiger partial charge in [0, 0.05) is 50.0 Å². The van der Waals surface area contributed by atoms with Gasteiger partial charge in [-0.1, -0.05) is 18.2 Å². The first-order valence-electron chi connectivity index (χ1n) is 13.8. The van der Waals surface area contributed by atoms with Crippen molar-refractivity contribution in [3.63, 3.8) is 0 Å². The Morgan fingerprint density at radius 3 is 2.54 bits per heavy atom. The van der Waals surface area contributed by atoms with Crippen LogP contribution in [0.25, 0.3) is 0 Å². The number of carbonyl (C=O) groups excluding carboxylic acids is 1. The SMILES string of the molecule is Cc1cc(C)c(C(=O)N2CCN(c3ccc(F)cn3)[C@H](CO)C2)cc1NC1CCN(c2ccccc2C#N)CC1.S. The van der Waals surface area contributed by atoms with Crippen LogP contribution in [0.2, 0.25) is 0 Å². The molecule has 2 aliphatic rings. The number of nitrogens with one attached hydrogen (secondary N) is 1. The predicted molar refractivity (Wildman–Crippen MR) is 165 cm³/mol. The first-order chi connectivity index (χ1) is 19.4. The van der Waals surface area contributed by atoms with E-state index in [1.807, 2.05) is 42.2 Å². The first kappa shape index (κ1) is 30.2. The van der Waals surface area contributed by atoms with Crippen LogP contribution in [0, 0.1) is 31.0 Å². The Hall–Kier alpha value is -3.81. The number of hydrogen-bond acceptors (Lipinski definition) is 7. The van der Waals surface area contributed by atoms with E-state index in [0.717, 1.165) is 48.4 Å². The van der Waals surface area contributed by atoms with Crippen molar-refractivity contribution in [1.29, 1.82) is 5.26 Å². The lowest BCUT2D eigenvalue weighted by atomic mass is 9.99. The van der Waals surface area contributed by atoms with Gasteiger partial charge in [0.05, 0.1) is 30.1 Å². The lowest BCUT2D eigenvalue weighted by Gasteiger charge is -2.41. The summed E-state index contributed by atoms with van der Waals surface area (Å²) in [6, 6.07) is 16.9. The number of piperidine rings is 1. The number of aryl methyl sites for hydroxylation is 2. The van der Waals surface area contributed by atoms with Crippen molar-refractivity contribution in [2.75, 3.05) is 54.4 Å². The summed E-state index contributed by atoms with van der Waals surface area (Å²) in [4.78, 5) is 23.8. The second-order valence-electron chi connectivity index (χ2n) is 10.6. The number of carbonyl (C=O) groups is 1. The van der Waals surface area contributed by atoms with E-state index < -0.39 is 5.82 Å². The number of aliphatic hydroxyl groups excluding tert-OH is 1. The van der Waals surface area contributed by atoms with E-state index in [9.17, 15) is 19.6 Å². The maximum Gasteiger partial charge on any atom is 0.254 e. The van der Waals surface area contributed by atoms with Crippen LogP contribution >= 0.6 is 13.5 Å². The normalized spacial score (nSPS) is 17.5. The molecule has 2 saturated heterocycles. The molecule has 0 unspecified atom stereocenters. The molecule has 1 aromatic heterocycles.